The highest BCUT2D eigenvalue weighted by Gasteiger charge is 2.08. The normalized spacial score (nSPS) is 10.1. The molecule has 0 aliphatic heterocycles. The van der Waals surface area contributed by atoms with Gasteiger partial charge in [0.05, 0.1) is 25.8 Å². The molecule has 1 N–H and O–H groups in total. The predicted molar refractivity (Wildman–Crippen MR) is 89.3 cm³/mol. The van der Waals surface area contributed by atoms with E-state index in [1.807, 2.05) is 0 Å². The van der Waals surface area contributed by atoms with Crippen molar-refractivity contribution < 1.29 is 23.8 Å². The molecule has 1 amide bonds. The van der Waals surface area contributed by atoms with Gasteiger partial charge in [-0.3, -0.25) is 9.59 Å². The molecule has 8 heteroatoms. The first-order valence-corrected chi connectivity index (χ1v) is 8.09. The monoisotopic (exact) mass is 350 g/mol. The first-order chi connectivity index (χ1) is 11.6. The maximum Gasteiger partial charge on any atom is 0.309 e. The quantitative estimate of drug-likeness (QED) is 0.737. The number of anilines is 1. The van der Waals surface area contributed by atoms with Crippen molar-refractivity contribution in [3.63, 3.8) is 0 Å². The Labute approximate surface area is 143 Å². The molecule has 1 aromatic heterocycles. The van der Waals surface area contributed by atoms with Crippen LogP contribution in [0.4, 0.5) is 5.13 Å². The van der Waals surface area contributed by atoms with E-state index in [0.717, 1.165) is 5.75 Å². The summed E-state index contributed by atoms with van der Waals surface area (Å²) >= 11 is 1.28. The molecule has 128 valence electrons. The van der Waals surface area contributed by atoms with Gasteiger partial charge in [-0.05, 0) is 24.3 Å². The number of carbonyl (C=O) groups excluding carboxylic acids is 2. The van der Waals surface area contributed by atoms with E-state index in [1.165, 1.54) is 18.3 Å². The Morgan fingerprint density at radius 1 is 1.21 bits per heavy atom. The number of nitrogens with zero attached hydrogens (tertiary/aromatic N) is 1. The number of rotatable bonds is 8. The SMILES string of the molecule is COc1ccc(OCCC(=O)OCc2csc(NC(C)=O)n2)cc1. The summed E-state index contributed by atoms with van der Waals surface area (Å²) in [7, 11) is 1.59. The average Bonchev–Trinajstić information content (AvgIpc) is 3.00. The van der Waals surface area contributed by atoms with Gasteiger partial charge in [-0.25, -0.2) is 4.98 Å². The fourth-order valence-electron chi connectivity index (χ4n) is 1.73. The Morgan fingerprint density at radius 3 is 2.58 bits per heavy atom. The summed E-state index contributed by atoms with van der Waals surface area (Å²) < 4.78 is 15.6. The van der Waals surface area contributed by atoms with Gasteiger partial charge in [0.2, 0.25) is 5.91 Å². The number of nitrogens with one attached hydrogen (secondary N) is 1. The van der Waals surface area contributed by atoms with E-state index < -0.39 is 0 Å². The molecule has 0 saturated heterocycles. The number of amides is 1. The van der Waals surface area contributed by atoms with Gasteiger partial charge < -0.3 is 19.5 Å². The third kappa shape index (κ3) is 5.88. The maximum absolute atomic E-state index is 11.7. The molecule has 2 rings (SSSR count). The van der Waals surface area contributed by atoms with E-state index in [-0.39, 0.29) is 31.5 Å². The summed E-state index contributed by atoms with van der Waals surface area (Å²) in [5.74, 6) is 0.827. The second-order valence-corrected chi connectivity index (χ2v) is 5.62. The second kappa shape index (κ2) is 8.88. The molecular weight excluding hydrogens is 332 g/mol. The van der Waals surface area contributed by atoms with Crippen molar-refractivity contribution in [3.8, 4) is 11.5 Å². The Balaban J connectivity index is 1.67. The molecular formula is C16H18N2O5S. The molecule has 0 radical (unpaired) electrons. The number of hydrogen-bond donors (Lipinski definition) is 1. The summed E-state index contributed by atoms with van der Waals surface area (Å²) in [5.41, 5.74) is 0.591. The number of ether oxygens (including phenoxy) is 3. The first-order valence-electron chi connectivity index (χ1n) is 7.21. The molecule has 0 atom stereocenters. The van der Waals surface area contributed by atoms with Crippen molar-refractivity contribution in [3.05, 3.63) is 35.3 Å². The van der Waals surface area contributed by atoms with Crippen LogP contribution in [0.3, 0.4) is 0 Å². The lowest BCUT2D eigenvalue weighted by molar-refractivity contribution is -0.145. The number of aromatic nitrogens is 1. The number of benzene rings is 1. The fourth-order valence-corrected chi connectivity index (χ4v) is 2.47. The number of methoxy groups -OCH3 is 1. The van der Waals surface area contributed by atoms with Crippen molar-refractivity contribution in [2.75, 3.05) is 19.0 Å². The van der Waals surface area contributed by atoms with Crippen LogP contribution in [0.25, 0.3) is 0 Å². The smallest absolute Gasteiger partial charge is 0.309 e. The van der Waals surface area contributed by atoms with Gasteiger partial charge in [0, 0.05) is 12.3 Å². The Hall–Kier alpha value is -2.61. The van der Waals surface area contributed by atoms with Crippen LogP contribution in [-0.2, 0) is 20.9 Å². The van der Waals surface area contributed by atoms with Crippen LogP contribution < -0.4 is 14.8 Å². The lowest BCUT2D eigenvalue weighted by Gasteiger charge is -2.07. The predicted octanol–water partition coefficient (Wildman–Crippen LogP) is 2.62. The maximum atomic E-state index is 11.7. The average molecular weight is 350 g/mol. The van der Waals surface area contributed by atoms with Gasteiger partial charge in [-0.1, -0.05) is 0 Å². The van der Waals surface area contributed by atoms with Crippen molar-refractivity contribution in [1.29, 1.82) is 0 Å². The topological polar surface area (TPSA) is 86.8 Å². The molecule has 0 saturated carbocycles. The van der Waals surface area contributed by atoms with Gasteiger partial charge in [-0.15, -0.1) is 11.3 Å². The van der Waals surface area contributed by atoms with Crippen LogP contribution >= 0.6 is 11.3 Å². The highest BCUT2D eigenvalue weighted by Crippen LogP contribution is 2.18. The Kier molecular flexibility index (Phi) is 6.56. The molecule has 7 nitrogen and oxygen atoms in total. The van der Waals surface area contributed by atoms with Crippen LogP contribution in [0.2, 0.25) is 0 Å². The summed E-state index contributed by atoms with van der Waals surface area (Å²) in [6.45, 7) is 1.70. The zero-order valence-corrected chi connectivity index (χ0v) is 14.2. The number of hydrogen-bond acceptors (Lipinski definition) is 7. The minimum Gasteiger partial charge on any atom is -0.497 e. The van der Waals surface area contributed by atoms with Crippen LogP contribution in [0.5, 0.6) is 11.5 Å². The third-order valence-corrected chi connectivity index (χ3v) is 3.66. The van der Waals surface area contributed by atoms with Crippen LogP contribution in [0, 0.1) is 0 Å². The fraction of sp³-hybridized carbons (Fsp3) is 0.312. The standard InChI is InChI=1S/C16H18N2O5S/c1-11(19)17-16-18-12(10-24-16)9-23-15(20)7-8-22-14-5-3-13(21-2)4-6-14/h3-6,10H,7-9H2,1-2H3,(H,17,18,19). The highest BCUT2D eigenvalue weighted by atomic mass is 32.1. The molecule has 0 bridgehead atoms. The molecule has 0 aliphatic carbocycles. The van der Waals surface area contributed by atoms with E-state index in [9.17, 15) is 9.59 Å². The Morgan fingerprint density at radius 2 is 1.92 bits per heavy atom. The second-order valence-electron chi connectivity index (χ2n) is 4.76. The first kappa shape index (κ1) is 17.7. The lowest BCUT2D eigenvalue weighted by atomic mass is 10.3. The number of thiazole rings is 1. The largest absolute Gasteiger partial charge is 0.497 e. The van der Waals surface area contributed by atoms with E-state index in [2.05, 4.69) is 10.3 Å². The minimum atomic E-state index is -0.377. The van der Waals surface area contributed by atoms with Gasteiger partial charge in [0.15, 0.2) is 5.13 Å². The van der Waals surface area contributed by atoms with E-state index in [0.29, 0.717) is 16.6 Å². The van der Waals surface area contributed by atoms with Crippen molar-refractivity contribution in [2.24, 2.45) is 0 Å². The molecule has 0 unspecified atom stereocenters. The zero-order chi connectivity index (χ0) is 17.4. The summed E-state index contributed by atoms with van der Waals surface area (Å²) in [4.78, 5) is 26.7. The van der Waals surface area contributed by atoms with Gasteiger partial charge in [0.25, 0.3) is 0 Å². The van der Waals surface area contributed by atoms with E-state index in [4.69, 9.17) is 14.2 Å². The van der Waals surface area contributed by atoms with Crippen molar-refractivity contribution in [2.45, 2.75) is 20.0 Å². The van der Waals surface area contributed by atoms with Gasteiger partial charge >= 0.3 is 5.97 Å². The number of carbonyl (C=O) groups is 2. The molecule has 2 aromatic rings. The van der Waals surface area contributed by atoms with Gasteiger partial charge in [-0.2, -0.15) is 0 Å². The molecule has 0 aliphatic rings. The van der Waals surface area contributed by atoms with Gasteiger partial charge in [0.1, 0.15) is 18.1 Å². The minimum absolute atomic E-state index is 0.0669. The summed E-state index contributed by atoms with van der Waals surface area (Å²) in [6.07, 6.45) is 0.134. The number of esters is 1. The van der Waals surface area contributed by atoms with Crippen LogP contribution in [0.1, 0.15) is 19.0 Å². The van der Waals surface area contributed by atoms with Crippen molar-refractivity contribution in [1.82, 2.24) is 4.98 Å². The van der Waals surface area contributed by atoms with E-state index in [1.54, 1.807) is 36.8 Å². The molecule has 0 spiro atoms. The van der Waals surface area contributed by atoms with Crippen LogP contribution in [0.15, 0.2) is 29.6 Å². The summed E-state index contributed by atoms with van der Waals surface area (Å²) in [5, 5.41) is 4.78. The molecule has 0 fully saturated rings. The highest BCUT2D eigenvalue weighted by molar-refractivity contribution is 7.13. The zero-order valence-electron chi connectivity index (χ0n) is 13.4. The lowest BCUT2D eigenvalue weighted by Crippen LogP contribution is -2.10. The van der Waals surface area contributed by atoms with E-state index >= 15 is 0 Å². The Bertz CT molecular complexity index is 684. The third-order valence-electron chi connectivity index (χ3n) is 2.85. The van der Waals surface area contributed by atoms with Crippen LogP contribution in [-0.4, -0.2) is 30.6 Å². The summed E-state index contributed by atoms with van der Waals surface area (Å²) in [6, 6.07) is 7.09. The molecule has 1 aromatic carbocycles. The van der Waals surface area contributed by atoms with Crippen molar-refractivity contribution >= 4 is 28.3 Å². The molecule has 1 heterocycles. The molecule has 24 heavy (non-hydrogen) atoms.